The lowest BCUT2D eigenvalue weighted by molar-refractivity contribution is -0.182. The Bertz CT molecular complexity index is 636. The summed E-state index contributed by atoms with van der Waals surface area (Å²) in [4.78, 5) is 73.3. The SMILES string of the molecule is O=C(CCCCN1C(=O)C=CC1=O)OCOC(=O)ON1C(=O)CCC1=O. The van der Waals surface area contributed by atoms with Gasteiger partial charge in [0.25, 0.3) is 23.6 Å². The molecular formula is C15H16N2O9. The highest BCUT2D eigenvalue weighted by atomic mass is 16.9. The van der Waals surface area contributed by atoms with Crippen molar-refractivity contribution in [3.63, 3.8) is 0 Å². The van der Waals surface area contributed by atoms with Gasteiger partial charge in [0.15, 0.2) is 0 Å². The largest absolute Gasteiger partial charge is 0.536 e. The van der Waals surface area contributed by atoms with Crippen LogP contribution in [-0.4, -0.2) is 59.1 Å². The summed E-state index contributed by atoms with van der Waals surface area (Å²) in [7, 11) is 0. The van der Waals surface area contributed by atoms with Gasteiger partial charge in [-0.2, -0.15) is 0 Å². The number of esters is 1. The number of imide groups is 2. The summed E-state index contributed by atoms with van der Waals surface area (Å²) in [6, 6.07) is 0. The highest BCUT2D eigenvalue weighted by molar-refractivity contribution is 6.12. The molecule has 26 heavy (non-hydrogen) atoms. The zero-order valence-electron chi connectivity index (χ0n) is 13.7. The number of nitrogens with zero attached hydrogens (tertiary/aromatic N) is 2. The zero-order chi connectivity index (χ0) is 19.1. The first-order chi connectivity index (χ1) is 12.4. The lowest BCUT2D eigenvalue weighted by Gasteiger charge is -2.13. The molecule has 0 spiro atoms. The standard InChI is InChI=1S/C15H16N2O9/c18-10-4-5-11(19)16(10)8-2-1-3-14(22)24-9-25-15(23)26-17-12(20)6-7-13(17)21/h4-5H,1-3,6-9H2. The van der Waals surface area contributed by atoms with E-state index < -0.39 is 30.7 Å². The first kappa shape index (κ1) is 19.1. The minimum absolute atomic E-state index is 0.00878. The van der Waals surface area contributed by atoms with Crippen LogP contribution in [0.25, 0.3) is 0 Å². The smallest absolute Gasteiger partial charge is 0.428 e. The van der Waals surface area contributed by atoms with E-state index in [0.29, 0.717) is 17.9 Å². The Kier molecular flexibility index (Phi) is 6.42. The highest BCUT2D eigenvalue weighted by Gasteiger charge is 2.33. The van der Waals surface area contributed by atoms with E-state index in [0.717, 1.165) is 4.90 Å². The fraction of sp³-hybridized carbons (Fsp3) is 0.467. The monoisotopic (exact) mass is 368 g/mol. The molecule has 140 valence electrons. The predicted octanol–water partition coefficient (Wildman–Crippen LogP) is -0.200. The summed E-state index contributed by atoms with van der Waals surface area (Å²) < 4.78 is 9.07. The van der Waals surface area contributed by atoms with Crippen molar-refractivity contribution in [1.82, 2.24) is 9.96 Å². The molecule has 4 amide bonds. The number of carbonyl (C=O) groups is 6. The number of rotatable bonds is 8. The molecule has 0 aliphatic carbocycles. The van der Waals surface area contributed by atoms with Gasteiger partial charge in [-0.15, -0.1) is 0 Å². The second-order valence-corrected chi connectivity index (χ2v) is 5.32. The fourth-order valence-electron chi connectivity index (χ4n) is 2.16. The van der Waals surface area contributed by atoms with Crippen molar-refractivity contribution in [2.45, 2.75) is 32.1 Å². The van der Waals surface area contributed by atoms with Crippen molar-refractivity contribution in [3.8, 4) is 0 Å². The van der Waals surface area contributed by atoms with Gasteiger partial charge in [0.1, 0.15) is 0 Å². The summed E-state index contributed by atoms with van der Waals surface area (Å²) in [5, 5.41) is 0.306. The fourth-order valence-corrected chi connectivity index (χ4v) is 2.16. The average Bonchev–Trinajstić information content (AvgIpc) is 3.08. The van der Waals surface area contributed by atoms with E-state index >= 15 is 0 Å². The molecular weight excluding hydrogens is 352 g/mol. The molecule has 0 N–H and O–H groups in total. The lowest BCUT2D eigenvalue weighted by atomic mass is 10.2. The van der Waals surface area contributed by atoms with E-state index in [9.17, 15) is 28.8 Å². The minimum Gasteiger partial charge on any atom is -0.428 e. The van der Waals surface area contributed by atoms with Gasteiger partial charge in [-0.05, 0) is 12.8 Å². The average molecular weight is 368 g/mol. The van der Waals surface area contributed by atoms with Crippen LogP contribution >= 0.6 is 0 Å². The molecule has 0 radical (unpaired) electrons. The van der Waals surface area contributed by atoms with E-state index in [-0.39, 0.29) is 37.6 Å². The van der Waals surface area contributed by atoms with E-state index in [1.54, 1.807) is 0 Å². The van der Waals surface area contributed by atoms with Crippen LogP contribution in [-0.2, 0) is 38.3 Å². The third kappa shape index (κ3) is 5.13. The van der Waals surface area contributed by atoms with Gasteiger partial charge < -0.3 is 9.47 Å². The summed E-state index contributed by atoms with van der Waals surface area (Å²) in [6.45, 7) is -0.542. The van der Waals surface area contributed by atoms with Gasteiger partial charge in [-0.25, -0.2) is 4.79 Å². The van der Waals surface area contributed by atoms with Crippen LogP contribution in [0.2, 0.25) is 0 Å². The van der Waals surface area contributed by atoms with Crippen molar-refractivity contribution in [1.29, 1.82) is 0 Å². The number of hydrogen-bond acceptors (Lipinski definition) is 9. The second kappa shape index (κ2) is 8.74. The Hall–Kier alpha value is -3.24. The van der Waals surface area contributed by atoms with Crippen LogP contribution in [0, 0.1) is 0 Å². The maximum absolute atomic E-state index is 11.5. The molecule has 0 aromatic rings. The molecule has 2 aliphatic heterocycles. The Balaban J connectivity index is 1.54. The third-order valence-corrected chi connectivity index (χ3v) is 3.48. The zero-order valence-corrected chi connectivity index (χ0v) is 13.7. The van der Waals surface area contributed by atoms with Crippen LogP contribution in [0.3, 0.4) is 0 Å². The molecule has 1 fully saturated rings. The van der Waals surface area contributed by atoms with Crippen molar-refractivity contribution in [2.24, 2.45) is 0 Å². The maximum Gasteiger partial charge on any atom is 0.536 e. The molecule has 0 bridgehead atoms. The molecule has 0 saturated carbocycles. The highest BCUT2D eigenvalue weighted by Crippen LogP contribution is 2.12. The van der Waals surface area contributed by atoms with Gasteiger partial charge in [0, 0.05) is 38.0 Å². The molecule has 0 aromatic carbocycles. The number of hydroxylamine groups is 2. The number of hydrogen-bond donors (Lipinski definition) is 0. The Morgan fingerprint density at radius 3 is 2.15 bits per heavy atom. The molecule has 1 saturated heterocycles. The van der Waals surface area contributed by atoms with Gasteiger partial charge >= 0.3 is 12.1 Å². The first-order valence-electron chi connectivity index (χ1n) is 7.78. The number of ether oxygens (including phenoxy) is 2. The summed E-state index contributed by atoms with van der Waals surface area (Å²) in [5.41, 5.74) is 0. The molecule has 0 aromatic heterocycles. The summed E-state index contributed by atoms with van der Waals surface area (Å²) in [6.07, 6.45) is 1.67. The summed E-state index contributed by atoms with van der Waals surface area (Å²) in [5.74, 6) is -2.76. The molecule has 2 rings (SSSR count). The number of amides is 4. The van der Waals surface area contributed by atoms with Gasteiger partial charge in [0.05, 0.1) is 0 Å². The normalized spacial score (nSPS) is 16.5. The van der Waals surface area contributed by atoms with Gasteiger partial charge in [-0.3, -0.25) is 33.7 Å². The quantitative estimate of drug-likeness (QED) is 0.247. The molecule has 0 unspecified atom stereocenters. The molecule has 11 heteroatoms. The first-order valence-corrected chi connectivity index (χ1v) is 7.78. The minimum atomic E-state index is -1.35. The van der Waals surface area contributed by atoms with Crippen LogP contribution in [0.4, 0.5) is 4.79 Å². The number of carbonyl (C=O) groups excluding carboxylic acids is 6. The van der Waals surface area contributed by atoms with Crippen molar-refractivity contribution in [3.05, 3.63) is 12.2 Å². The van der Waals surface area contributed by atoms with E-state index in [2.05, 4.69) is 14.3 Å². The van der Waals surface area contributed by atoms with E-state index in [4.69, 9.17) is 0 Å². The van der Waals surface area contributed by atoms with Gasteiger partial charge in [-0.1, -0.05) is 5.06 Å². The Labute approximate surface area is 147 Å². The van der Waals surface area contributed by atoms with Crippen LogP contribution in [0.15, 0.2) is 12.2 Å². The molecule has 0 atom stereocenters. The molecule has 2 heterocycles. The van der Waals surface area contributed by atoms with Crippen LogP contribution < -0.4 is 0 Å². The van der Waals surface area contributed by atoms with Crippen molar-refractivity contribution < 1.29 is 43.1 Å². The van der Waals surface area contributed by atoms with Crippen LogP contribution in [0.1, 0.15) is 32.1 Å². The molecule has 11 nitrogen and oxygen atoms in total. The molecule has 2 aliphatic rings. The van der Waals surface area contributed by atoms with E-state index in [1.165, 1.54) is 12.2 Å². The Morgan fingerprint density at radius 2 is 1.54 bits per heavy atom. The lowest BCUT2D eigenvalue weighted by Crippen LogP contribution is -2.32. The third-order valence-electron chi connectivity index (χ3n) is 3.48. The predicted molar refractivity (Wildman–Crippen MR) is 79.3 cm³/mol. The Morgan fingerprint density at radius 1 is 0.923 bits per heavy atom. The van der Waals surface area contributed by atoms with Gasteiger partial charge in [0.2, 0.25) is 6.79 Å². The second-order valence-electron chi connectivity index (χ2n) is 5.32. The maximum atomic E-state index is 11.5. The van der Waals surface area contributed by atoms with E-state index in [1.807, 2.05) is 0 Å². The van der Waals surface area contributed by atoms with Crippen LogP contribution in [0.5, 0.6) is 0 Å². The van der Waals surface area contributed by atoms with Crippen molar-refractivity contribution in [2.75, 3.05) is 13.3 Å². The number of unbranched alkanes of at least 4 members (excludes halogenated alkanes) is 1. The summed E-state index contributed by atoms with van der Waals surface area (Å²) >= 11 is 0. The topological polar surface area (TPSA) is 137 Å². The van der Waals surface area contributed by atoms with Crippen molar-refractivity contribution >= 4 is 35.8 Å².